The Kier molecular flexibility index (Phi) is 6.64. The molecule has 19 heavy (non-hydrogen) atoms. The van der Waals surface area contributed by atoms with Gasteiger partial charge in [0.25, 0.3) is 0 Å². The van der Waals surface area contributed by atoms with E-state index in [1.54, 1.807) is 11.9 Å². The Bertz CT molecular complexity index is 404. The molecule has 4 heteroatoms. The molecule has 0 fully saturated rings. The highest BCUT2D eigenvalue weighted by Crippen LogP contribution is 1.99. The van der Waals surface area contributed by atoms with E-state index >= 15 is 0 Å². The van der Waals surface area contributed by atoms with Crippen molar-refractivity contribution in [3.05, 3.63) is 35.9 Å². The van der Waals surface area contributed by atoms with Gasteiger partial charge in [0.2, 0.25) is 11.8 Å². The fraction of sp³-hybridized carbons (Fsp3) is 0.467. The van der Waals surface area contributed by atoms with E-state index in [9.17, 15) is 9.59 Å². The summed E-state index contributed by atoms with van der Waals surface area (Å²) < 4.78 is 0. The SMILES string of the molecule is CCCCN(C)C(=O)CC(=O)NCc1ccccc1. The van der Waals surface area contributed by atoms with Crippen molar-refractivity contribution in [1.29, 1.82) is 0 Å². The number of carbonyl (C=O) groups is 2. The Balaban J connectivity index is 2.29. The summed E-state index contributed by atoms with van der Waals surface area (Å²) in [5.41, 5.74) is 1.03. The van der Waals surface area contributed by atoms with Crippen LogP contribution in [0.1, 0.15) is 31.7 Å². The lowest BCUT2D eigenvalue weighted by atomic mass is 10.2. The number of unbranched alkanes of at least 4 members (excludes halogenated alkanes) is 1. The van der Waals surface area contributed by atoms with Gasteiger partial charge in [-0.15, -0.1) is 0 Å². The van der Waals surface area contributed by atoms with Crippen LogP contribution in [0.2, 0.25) is 0 Å². The van der Waals surface area contributed by atoms with Gasteiger partial charge in [-0.25, -0.2) is 0 Å². The first kappa shape index (κ1) is 15.2. The van der Waals surface area contributed by atoms with Crippen molar-refractivity contribution in [2.75, 3.05) is 13.6 Å². The molecule has 104 valence electrons. The highest BCUT2D eigenvalue weighted by atomic mass is 16.2. The van der Waals surface area contributed by atoms with Crippen LogP contribution in [0.25, 0.3) is 0 Å². The van der Waals surface area contributed by atoms with Crippen LogP contribution in [0.5, 0.6) is 0 Å². The Hall–Kier alpha value is -1.84. The van der Waals surface area contributed by atoms with Gasteiger partial charge in [0, 0.05) is 20.1 Å². The number of hydrogen-bond acceptors (Lipinski definition) is 2. The molecule has 1 rings (SSSR count). The normalized spacial score (nSPS) is 10.0. The van der Waals surface area contributed by atoms with Crippen LogP contribution in [-0.4, -0.2) is 30.3 Å². The summed E-state index contributed by atoms with van der Waals surface area (Å²) in [6.45, 7) is 3.25. The van der Waals surface area contributed by atoms with Gasteiger partial charge >= 0.3 is 0 Å². The van der Waals surface area contributed by atoms with Crippen LogP contribution >= 0.6 is 0 Å². The van der Waals surface area contributed by atoms with Crippen molar-refractivity contribution >= 4 is 11.8 Å². The Morgan fingerprint density at radius 3 is 2.53 bits per heavy atom. The van der Waals surface area contributed by atoms with E-state index in [0.717, 1.165) is 18.4 Å². The summed E-state index contributed by atoms with van der Waals surface area (Å²) in [6.07, 6.45) is 1.93. The van der Waals surface area contributed by atoms with E-state index in [2.05, 4.69) is 12.2 Å². The fourth-order valence-electron chi connectivity index (χ4n) is 1.65. The predicted octanol–water partition coefficient (Wildman–Crippen LogP) is 1.95. The molecule has 0 aliphatic heterocycles. The van der Waals surface area contributed by atoms with E-state index < -0.39 is 0 Å². The molecule has 0 aliphatic carbocycles. The minimum atomic E-state index is -0.225. The first-order valence-corrected chi connectivity index (χ1v) is 6.68. The highest BCUT2D eigenvalue weighted by Gasteiger charge is 2.13. The maximum atomic E-state index is 11.7. The molecule has 0 aliphatic rings. The smallest absolute Gasteiger partial charge is 0.231 e. The molecule has 0 heterocycles. The van der Waals surface area contributed by atoms with Crippen molar-refractivity contribution in [3.8, 4) is 0 Å². The molecule has 0 saturated carbocycles. The van der Waals surface area contributed by atoms with E-state index in [-0.39, 0.29) is 18.2 Å². The van der Waals surface area contributed by atoms with E-state index in [1.807, 2.05) is 30.3 Å². The van der Waals surface area contributed by atoms with Crippen molar-refractivity contribution in [3.63, 3.8) is 0 Å². The zero-order valence-electron chi connectivity index (χ0n) is 11.7. The molecule has 0 saturated heterocycles. The number of carbonyl (C=O) groups excluding carboxylic acids is 2. The third kappa shape index (κ3) is 6.04. The minimum absolute atomic E-state index is 0.0763. The summed E-state index contributed by atoms with van der Waals surface area (Å²) in [7, 11) is 1.74. The maximum Gasteiger partial charge on any atom is 0.231 e. The lowest BCUT2D eigenvalue weighted by Gasteiger charge is -2.16. The highest BCUT2D eigenvalue weighted by molar-refractivity contribution is 5.96. The second-order valence-corrected chi connectivity index (χ2v) is 4.61. The lowest BCUT2D eigenvalue weighted by Crippen LogP contribution is -2.33. The van der Waals surface area contributed by atoms with E-state index in [1.165, 1.54) is 0 Å². The molecule has 1 aromatic rings. The predicted molar refractivity (Wildman–Crippen MR) is 75.5 cm³/mol. The molecular weight excluding hydrogens is 240 g/mol. The number of nitrogens with zero attached hydrogens (tertiary/aromatic N) is 1. The summed E-state index contributed by atoms with van der Waals surface area (Å²) in [5.74, 6) is -0.351. The maximum absolute atomic E-state index is 11.7. The summed E-state index contributed by atoms with van der Waals surface area (Å²) in [5, 5.41) is 2.75. The molecule has 0 atom stereocenters. The van der Waals surface area contributed by atoms with Gasteiger partial charge < -0.3 is 10.2 Å². The molecule has 2 amide bonds. The van der Waals surface area contributed by atoms with Crippen LogP contribution in [0, 0.1) is 0 Å². The first-order valence-electron chi connectivity index (χ1n) is 6.68. The van der Waals surface area contributed by atoms with Crippen molar-refractivity contribution in [2.24, 2.45) is 0 Å². The molecule has 4 nitrogen and oxygen atoms in total. The van der Waals surface area contributed by atoms with Crippen LogP contribution in [0.3, 0.4) is 0 Å². The quantitative estimate of drug-likeness (QED) is 0.764. The minimum Gasteiger partial charge on any atom is -0.352 e. The topological polar surface area (TPSA) is 49.4 Å². The molecule has 0 radical (unpaired) electrons. The zero-order valence-corrected chi connectivity index (χ0v) is 11.7. The lowest BCUT2D eigenvalue weighted by molar-refractivity contribution is -0.135. The van der Waals surface area contributed by atoms with Gasteiger partial charge in [-0.2, -0.15) is 0 Å². The van der Waals surface area contributed by atoms with Gasteiger partial charge in [0.05, 0.1) is 0 Å². The average molecular weight is 262 g/mol. The van der Waals surface area contributed by atoms with Gasteiger partial charge in [0.1, 0.15) is 6.42 Å². The fourth-order valence-corrected chi connectivity index (χ4v) is 1.65. The number of benzene rings is 1. The Labute approximate surface area is 114 Å². The monoisotopic (exact) mass is 262 g/mol. The molecule has 1 aromatic carbocycles. The van der Waals surface area contributed by atoms with E-state index in [0.29, 0.717) is 13.1 Å². The number of amides is 2. The van der Waals surface area contributed by atoms with Crippen molar-refractivity contribution in [1.82, 2.24) is 10.2 Å². The van der Waals surface area contributed by atoms with Crippen LogP contribution in [0.4, 0.5) is 0 Å². The summed E-state index contributed by atoms with van der Waals surface area (Å²) in [4.78, 5) is 25.0. The Morgan fingerprint density at radius 1 is 1.21 bits per heavy atom. The standard InChI is InChI=1S/C15H22N2O2/c1-3-4-10-17(2)15(19)11-14(18)16-12-13-8-6-5-7-9-13/h5-9H,3-4,10-12H2,1-2H3,(H,16,18). The molecule has 0 unspecified atom stereocenters. The third-order valence-electron chi connectivity index (χ3n) is 2.92. The summed E-state index contributed by atoms with van der Waals surface area (Å²) in [6, 6.07) is 9.65. The van der Waals surface area contributed by atoms with E-state index in [4.69, 9.17) is 0 Å². The van der Waals surface area contributed by atoms with Gasteiger partial charge in [-0.3, -0.25) is 9.59 Å². The largest absolute Gasteiger partial charge is 0.352 e. The van der Waals surface area contributed by atoms with Crippen molar-refractivity contribution in [2.45, 2.75) is 32.7 Å². The molecule has 1 N–H and O–H groups in total. The van der Waals surface area contributed by atoms with Crippen LogP contribution < -0.4 is 5.32 Å². The second-order valence-electron chi connectivity index (χ2n) is 4.61. The second kappa shape index (κ2) is 8.29. The molecule has 0 bridgehead atoms. The number of rotatable bonds is 7. The first-order chi connectivity index (χ1) is 9.13. The average Bonchev–Trinajstić information content (AvgIpc) is 2.43. The summed E-state index contributed by atoms with van der Waals surface area (Å²) >= 11 is 0. The van der Waals surface area contributed by atoms with Crippen LogP contribution in [0.15, 0.2) is 30.3 Å². The van der Waals surface area contributed by atoms with Crippen LogP contribution in [-0.2, 0) is 16.1 Å². The number of nitrogens with one attached hydrogen (secondary N) is 1. The van der Waals surface area contributed by atoms with Crippen molar-refractivity contribution < 1.29 is 9.59 Å². The third-order valence-corrected chi connectivity index (χ3v) is 2.92. The van der Waals surface area contributed by atoms with Gasteiger partial charge in [-0.1, -0.05) is 43.7 Å². The number of hydrogen-bond donors (Lipinski definition) is 1. The molecular formula is C15H22N2O2. The Morgan fingerprint density at radius 2 is 1.89 bits per heavy atom. The van der Waals surface area contributed by atoms with Gasteiger partial charge in [0.15, 0.2) is 0 Å². The molecule has 0 spiro atoms. The zero-order chi connectivity index (χ0) is 14.1. The van der Waals surface area contributed by atoms with Gasteiger partial charge in [-0.05, 0) is 12.0 Å². The molecule has 0 aromatic heterocycles.